The molecule has 1 atom stereocenters. The van der Waals surface area contributed by atoms with Crippen molar-refractivity contribution in [2.45, 2.75) is 51.1 Å². The summed E-state index contributed by atoms with van der Waals surface area (Å²) in [5, 5.41) is 11.6. The van der Waals surface area contributed by atoms with Crippen LogP contribution in [0.2, 0.25) is 5.02 Å². The second kappa shape index (κ2) is 13.5. The van der Waals surface area contributed by atoms with Crippen LogP contribution in [-0.2, 0) is 11.3 Å². The summed E-state index contributed by atoms with van der Waals surface area (Å²) in [7, 11) is 0. The van der Waals surface area contributed by atoms with Crippen LogP contribution in [0.3, 0.4) is 0 Å². The van der Waals surface area contributed by atoms with E-state index in [-0.39, 0.29) is 18.0 Å². The number of benzene rings is 2. The van der Waals surface area contributed by atoms with Gasteiger partial charge >= 0.3 is 0 Å². The highest BCUT2D eigenvalue weighted by Crippen LogP contribution is 2.31. The lowest BCUT2D eigenvalue weighted by Crippen LogP contribution is -2.38. The fourth-order valence-corrected chi connectivity index (χ4v) is 6.69. The number of aryl methyl sites for hydroxylation is 1. The van der Waals surface area contributed by atoms with E-state index in [2.05, 4.69) is 33.1 Å². The lowest BCUT2D eigenvalue weighted by Gasteiger charge is -2.24. The van der Waals surface area contributed by atoms with E-state index in [0.29, 0.717) is 52.4 Å². The molecule has 2 fully saturated rings. The van der Waals surface area contributed by atoms with Crippen LogP contribution in [0.1, 0.15) is 48.6 Å². The summed E-state index contributed by atoms with van der Waals surface area (Å²) in [6.07, 6.45) is 9.20. The van der Waals surface area contributed by atoms with Crippen molar-refractivity contribution in [2.75, 3.05) is 36.9 Å². The SMILES string of the molecule is Cc1ccc(-c2cc3cnc(Nc4ccc(NC5CCCNC5)cc4)nc3n(Cc3nccnc3C3CCOCC3)c2=O)c(Cl)c1. The maximum absolute atomic E-state index is 14.3. The summed E-state index contributed by atoms with van der Waals surface area (Å²) in [6, 6.07) is 16.1. The molecule has 2 aliphatic rings. The van der Waals surface area contributed by atoms with Gasteiger partial charge in [0.1, 0.15) is 5.65 Å². The summed E-state index contributed by atoms with van der Waals surface area (Å²) >= 11 is 6.68. The first-order valence-electron chi connectivity index (χ1n) is 15.9. The van der Waals surface area contributed by atoms with E-state index < -0.39 is 0 Å². The van der Waals surface area contributed by atoms with Crippen LogP contribution in [0.4, 0.5) is 17.3 Å². The maximum Gasteiger partial charge on any atom is 0.260 e. The highest BCUT2D eigenvalue weighted by molar-refractivity contribution is 6.33. The lowest BCUT2D eigenvalue weighted by molar-refractivity contribution is 0.0842. The van der Waals surface area contributed by atoms with E-state index in [1.807, 2.05) is 43.3 Å². The van der Waals surface area contributed by atoms with Crippen molar-refractivity contribution in [1.29, 1.82) is 0 Å². The maximum atomic E-state index is 14.3. The van der Waals surface area contributed by atoms with Crippen molar-refractivity contribution >= 4 is 40.0 Å². The first-order valence-corrected chi connectivity index (χ1v) is 16.3. The van der Waals surface area contributed by atoms with E-state index in [1.54, 1.807) is 23.2 Å². The van der Waals surface area contributed by atoms with Crippen molar-refractivity contribution in [3.8, 4) is 11.1 Å². The molecule has 7 rings (SSSR count). The highest BCUT2D eigenvalue weighted by atomic mass is 35.5. The molecule has 1 unspecified atom stereocenters. The fraction of sp³-hybridized carbons (Fsp3) is 0.343. The van der Waals surface area contributed by atoms with Crippen molar-refractivity contribution < 1.29 is 4.74 Å². The van der Waals surface area contributed by atoms with Crippen molar-refractivity contribution in [1.82, 2.24) is 29.8 Å². The van der Waals surface area contributed by atoms with Gasteiger partial charge in [-0.15, -0.1) is 0 Å². The van der Waals surface area contributed by atoms with Gasteiger partial charge in [-0.1, -0.05) is 23.7 Å². The summed E-state index contributed by atoms with van der Waals surface area (Å²) in [6.45, 7) is 5.60. The molecule has 5 heterocycles. The summed E-state index contributed by atoms with van der Waals surface area (Å²) in [5.74, 6) is 0.607. The van der Waals surface area contributed by atoms with E-state index in [4.69, 9.17) is 31.3 Å². The van der Waals surface area contributed by atoms with E-state index in [0.717, 1.165) is 60.7 Å². The lowest BCUT2D eigenvalue weighted by atomic mass is 9.94. The number of fused-ring (bicyclic) bond motifs is 1. The molecule has 0 spiro atoms. The minimum Gasteiger partial charge on any atom is -0.381 e. The van der Waals surface area contributed by atoms with Crippen LogP contribution in [-0.4, -0.2) is 56.8 Å². The molecule has 0 radical (unpaired) electrons. The number of ether oxygens (including phenoxy) is 1. The minimum absolute atomic E-state index is 0.208. The van der Waals surface area contributed by atoms with Gasteiger partial charge in [0, 0.05) is 83.2 Å². The Morgan fingerprint density at radius 2 is 1.78 bits per heavy atom. The van der Waals surface area contributed by atoms with Crippen LogP contribution in [0.25, 0.3) is 22.2 Å². The van der Waals surface area contributed by atoms with Crippen molar-refractivity contribution in [3.05, 3.63) is 99.4 Å². The van der Waals surface area contributed by atoms with Gasteiger partial charge in [-0.2, -0.15) is 4.98 Å². The monoisotopic (exact) mass is 636 g/mol. The van der Waals surface area contributed by atoms with Gasteiger partial charge in [-0.3, -0.25) is 19.3 Å². The molecule has 0 aliphatic carbocycles. The molecule has 11 heteroatoms. The summed E-state index contributed by atoms with van der Waals surface area (Å²) in [4.78, 5) is 33.3. The van der Waals surface area contributed by atoms with Crippen LogP contribution in [0.5, 0.6) is 0 Å². The van der Waals surface area contributed by atoms with Crippen molar-refractivity contribution in [2.24, 2.45) is 0 Å². The average molecular weight is 637 g/mol. The Morgan fingerprint density at radius 1 is 0.978 bits per heavy atom. The zero-order chi connectivity index (χ0) is 31.5. The van der Waals surface area contributed by atoms with Gasteiger partial charge in [0.15, 0.2) is 0 Å². The third kappa shape index (κ3) is 6.60. The Labute approximate surface area is 272 Å². The number of aromatic nitrogens is 5. The Bertz CT molecular complexity index is 1900. The standard InChI is InChI=1S/C35H37ClN8O2/c1-22-4-9-28(30(36)17-22)29-18-24-19-40-35(42-26-7-5-25(6-8-26)41-27-3-2-12-37-20-27)43-33(24)44(34(29)45)21-31-32(39-14-13-38-31)23-10-15-46-16-11-23/h4-9,13-14,17-19,23,27,37,41H,2-3,10-12,15-16,20-21H2,1H3,(H,40,42,43). The van der Waals surface area contributed by atoms with Gasteiger partial charge in [-0.05, 0) is 81.1 Å². The summed E-state index contributed by atoms with van der Waals surface area (Å²) in [5.41, 5.74) is 6.01. The smallest absolute Gasteiger partial charge is 0.260 e. The van der Waals surface area contributed by atoms with Gasteiger partial charge in [0.2, 0.25) is 5.95 Å². The Kier molecular flexibility index (Phi) is 8.91. The van der Waals surface area contributed by atoms with Crippen LogP contribution in [0.15, 0.2) is 71.9 Å². The molecule has 2 saturated heterocycles. The number of nitrogens with one attached hydrogen (secondary N) is 3. The molecule has 0 amide bonds. The number of piperidine rings is 1. The number of rotatable bonds is 8. The first kappa shape index (κ1) is 30.3. The van der Waals surface area contributed by atoms with E-state index in [1.165, 1.54) is 6.42 Å². The predicted octanol–water partition coefficient (Wildman–Crippen LogP) is 6.06. The normalized spacial score (nSPS) is 17.2. The van der Waals surface area contributed by atoms with E-state index >= 15 is 0 Å². The highest BCUT2D eigenvalue weighted by Gasteiger charge is 2.23. The molecular formula is C35H37ClN8O2. The number of hydrogen-bond donors (Lipinski definition) is 3. The topological polar surface area (TPSA) is 119 Å². The second-order valence-electron chi connectivity index (χ2n) is 12.1. The molecule has 236 valence electrons. The molecule has 3 aromatic heterocycles. The molecule has 46 heavy (non-hydrogen) atoms. The largest absolute Gasteiger partial charge is 0.381 e. The Morgan fingerprint density at radius 3 is 2.57 bits per heavy atom. The molecule has 0 saturated carbocycles. The minimum atomic E-state index is -0.209. The molecule has 2 aromatic carbocycles. The van der Waals surface area contributed by atoms with Crippen LogP contribution < -0.4 is 21.5 Å². The predicted molar refractivity (Wildman–Crippen MR) is 182 cm³/mol. The Hall–Kier alpha value is -4.38. The quantitative estimate of drug-likeness (QED) is 0.187. The number of anilines is 3. The first-order chi connectivity index (χ1) is 22.5. The zero-order valence-electron chi connectivity index (χ0n) is 25.8. The number of pyridine rings is 1. The van der Waals surface area contributed by atoms with Crippen molar-refractivity contribution in [3.63, 3.8) is 0 Å². The van der Waals surface area contributed by atoms with Gasteiger partial charge in [-0.25, -0.2) is 4.98 Å². The Balaban J connectivity index is 1.26. The average Bonchev–Trinajstić information content (AvgIpc) is 3.08. The van der Waals surface area contributed by atoms with Gasteiger partial charge in [0.05, 0.1) is 17.9 Å². The zero-order valence-corrected chi connectivity index (χ0v) is 26.6. The molecule has 2 aliphatic heterocycles. The van der Waals surface area contributed by atoms with Gasteiger partial charge in [0.25, 0.3) is 5.56 Å². The number of nitrogens with zero attached hydrogens (tertiary/aromatic N) is 5. The number of hydrogen-bond acceptors (Lipinski definition) is 9. The fourth-order valence-electron chi connectivity index (χ4n) is 6.35. The third-order valence-electron chi connectivity index (χ3n) is 8.77. The third-order valence-corrected chi connectivity index (χ3v) is 9.09. The molecular weight excluding hydrogens is 600 g/mol. The number of halogens is 1. The van der Waals surface area contributed by atoms with E-state index in [9.17, 15) is 4.79 Å². The van der Waals surface area contributed by atoms with Crippen LogP contribution in [0, 0.1) is 6.92 Å². The molecule has 5 aromatic rings. The molecule has 10 nitrogen and oxygen atoms in total. The molecule has 3 N–H and O–H groups in total. The van der Waals surface area contributed by atoms with Crippen LogP contribution >= 0.6 is 11.6 Å². The second-order valence-corrected chi connectivity index (χ2v) is 12.5. The molecule has 0 bridgehead atoms. The van der Waals surface area contributed by atoms with Gasteiger partial charge < -0.3 is 20.7 Å². The summed E-state index contributed by atoms with van der Waals surface area (Å²) < 4.78 is 7.27.